The number of ether oxygens (including phenoxy) is 2. The van der Waals surface area contributed by atoms with Crippen LogP contribution in [0.4, 0.5) is 0 Å². The average Bonchev–Trinajstić information content (AvgIpc) is 3.36. The van der Waals surface area contributed by atoms with E-state index in [0.29, 0.717) is 28.6 Å². The standard InChI is InChI=1S/C18H18N2O6/c1-23-14-6-5-11(8-16(14)24-2)13(21)10-19-18(22)12-9-17(26-20-12)15-4-3-7-25-15/h3-9,13,21H,10H2,1-2H3,(H,19,22). The van der Waals surface area contributed by atoms with Crippen molar-refractivity contribution in [2.24, 2.45) is 0 Å². The fourth-order valence-corrected chi connectivity index (χ4v) is 2.37. The Balaban J connectivity index is 1.62. The number of aliphatic hydroxyl groups excluding tert-OH is 1. The summed E-state index contributed by atoms with van der Waals surface area (Å²) in [6.45, 7) is -0.00272. The van der Waals surface area contributed by atoms with E-state index in [1.165, 1.54) is 26.5 Å². The lowest BCUT2D eigenvalue weighted by Gasteiger charge is -2.14. The Morgan fingerprint density at radius 1 is 1.19 bits per heavy atom. The topological polar surface area (TPSA) is 107 Å². The summed E-state index contributed by atoms with van der Waals surface area (Å²) in [4.78, 5) is 12.2. The molecular formula is C18H18N2O6. The van der Waals surface area contributed by atoms with E-state index >= 15 is 0 Å². The van der Waals surface area contributed by atoms with Gasteiger partial charge in [0, 0.05) is 12.6 Å². The first kappa shape index (κ1) is 17.6. The third-order valence-electron chi connectivity index (χ3n) is 3.76. The Morgan fingerprint density at radius 2 is 2.00 bits per heavy atom. The molecule has 0 radical (unpaired) electrons. The lowest BCUT2D eigenvalue weighted by molar-refractivity contribution is 0.0907. The van der Waals surface area contributed by atoms with Gasteiger partial charge in [0.1, 0.15) is 0 Å². The molecule has 2 aromatic heterocycles. The number of methoxy groups -OCH3 is 2. The third kappa shape index (κ3) is 3.70. The van der Waals surface area contributed by atoms with Crippen molar-refractivity contribution in [1.29, 1.82) is 0 Å². The highest BCUT2D eigenvalue weighted by atomic mass is 16.5. The molecule has 2 N–H and O–H groups in total. The largest absolute Gasteiger partial charge is 0.493 e. The Bertz CT molecular complexity index is 872. The van der Waals surface area contributed by atoms with Gasteiger partial charge >= 0.3 is 0 Å². The maximum Gasteiger partial charge on any atom is 0.273 e. The van der Waals surface area contributed by atoms with Crippen molar-refractivity contribution >= 4 is 5.91 Å². The van der Waals surface area contributed by atoms with E-state index in [-0.39, 0.29) is 12.2 Å². The van der Waals surface area contributed by atoms with Gasteiger partial charge in [0.2, 0.25) is 5.76 Å². The van der Waals surface area contributed by atoms with Crippen LogP contribution >= 0.6 is 0 Å². The molecule has 8 heteroatoms. The summed E-state index contributed by atoms with van der Waals surface area (Å²) in [5.74, 6) is 1.41. The molecule has 1 aromatic carbocycles. The van der Waals surface area contributed by atoms with Crippen molar-refractivity contribution < 1.29 is 28.3 Å². The van der Waals surface area contributed by atoms with E-state index in [1.807, 2.05) is 0 Å². The first-order valence-electron chi connectivity index (χ1n) is 7.81. The Morgan fingerprint density at radius 3 is 2.69 bits per heavy atom. The molecule has 0 bridgehead atoms. The van der Waals surface area contributed by atoms with E-state index in [4.69, 9.17) is 18.4 Å². The number of aromatic nitrogens is 1. The number of hydrogen-bond acceptors (Lipinski definition) is 7. The van der Waals surface area contributed by atoms with Gasteiger partial charge < -0.3 is 28.8 Å². The van der Waals surface area contributed by atoms with Crippen molar-refractivity contribution in [3.8, 4) is 23.0 Å². The van der Waals surface area contributed by atoms with E-state index in [9.17, 15) is 9.90 Å². The number of hydrogen-bond donors (Lipinski definition) is 2. The summed E-state index contributed by atoms with van der Waals surface area (Å²) < 4.78 is 20.6. The van der Waals surface area contributed by atoms with E-state index in [1.54, 1.807) is 30.3 Å². The van der Waals surface area contributed by atoms with Gasteiger partial charge in [-0.3, -0.25) is 4.79 Å². The molecule has 0 aliphatic rings. The summed E-state index contributed by atoms with van der Waals surface area (Å²) in [5, 5.41) is 16.6. The molecule has 0 aliphatic carbocycles. The van der Waals surface area contributed by atoms with Crippen LogP contribution in [0, 0.1) is 0 Å². The second kappa shape index (κ2) is 7.75. The molecule has 2 heterocycles. The van der Waals surface area contributed by atoms with Crippen molar-refractivity contribution in [2.75, 3.05) is 20.8 Å². The molecule has 1 amide bonds. The van der Waals surface area contributed by atoms with Crippen LogP contribution in [0.2, 0.25) is 0 Å². The first-order chi connectivity index (χ1) is 12.6. The molecule has 1 unspecified atom stereocenters. The van der Waals surface area contributed by atoms with Gasteiger partial charge in [-0.1, -0.05) is 11.2 Å². The summed E-state index contributed by atoms with van der Waals surface area (Å²) in [6.07, 6.45) is 0.576. The quantitative estimate of drug-likeness (QED) is 0.668. The predicted molar refractivity (Wildman–Crippen MR) is 91.0 cm³/mol. The average molecular weight is 358 g/mol. The second-order valence-electron chi connectivity index (χ2n) is 5.39. The molecule has 0 aliphatic heterocycles. The minimum atomic E-state index is -0.921. The summed E-state index contributed by atoms with van der Waals surface area (Å²) in [6, 6.07) is 9.91. The predicted octanol–water partition coefficient (Wildman–Crippen LogP) is 2.42. The van der Waals surface area contributed by atoms with Crippen LogP contribution in [-0.2, 0) is 0 Å². The van der Waals surface area contributed by atoms with Crippen LogP contribution in [0.5, 0.6) is 11.5 Å². The van der Waals surface area contributed by atoms with Crippen molar-refractivity contribution in [1.82, 2.24) is 10.5 Å². The number of furan rings is 1. The Labute approximate surface area is 149 Å². The van der Waals surface area contributed by atoms with Crippen LogP contribution in [-0.4, -0.2) is 36.9 Å². The number of rotatable bonds is 7. The number of nitrogens with one attached hydrogen (secondary N) is 1. The normalized spacial score (nSPS) is 11.8. The minimum absolute atomic E-state index is 0.00272. The van der Waals surface area contributed by atoms with Gasteiger partial charge in [0.15, 0.2) is 23.0 Å². The number of carbonyl (C=O) groups excluding carboxylic acids is 1. The molecule has 3 rings (SSSR count). The molecular weight excluding hydrogens is 340 g/mol. The van der Waals surface area contributed by atoms with Crippen molar-refractivity contribution in [3.63, 3.8) is 0 Å². The summed E-state index contributed by atoms with van der Waals surface area (Å²) in [7, 11) is 3.04. The minimum Gasteiger partial charge on any atom is -0.493 e. The maximum atomic E-state index is 12.2. The third-order valence-corrected chi connectivity index (χ3v) is 3.76. The van der Waals surface area contributed by atoms with Crippen LogP contribution < -0.4 is 14.8 Å². The fourth-order valence-electron chi connectivity index (χ4n) is 2.37. The molecule has 0 saturated carbocycles. The van der Waals surface area contributed by atoms with Crippen LogP contribution in [0.3, 0.4) is 0 Å². The zero-order valence-electron chi connectivity index (χ0n) is 14.3. The first-order valence-corrected chi connectivity index (χ1v) is 7.81. The summed E-state index contributed by atoms with van der Waals surface area (Å²) >= 11 is 0. The number of benzene rings is 1. The molecule has 0 spiro atoms. The number of carbonyl (C=O) groups is 1. The Kier molecular flexibility index (Phi) is 5.23. The number of amides is 1. The SMILES string of the molecule is COc1ccc(C(O)CNC(=O)c2cc(-c3ccco3)on2)cc1OC. The Hall–Kier alpha value is -3.26. The van der Waals surface area contributed by atoms with Gasteiger partial charge in [-0.2, -0.15) is 0 Å². The van der Waals surface area contributed by atoms with E-state index < -0.39 is 12.0 Å². The van der Waals surface area contributed by atoms with Gasteiger partial charge in [-0.05, 0) is 29.8 Å². The van der Waals surface area contributed by atoms with Crippen LogP contribution in [0.1, 0.15) is 22.2 Å². The molecule has 1 atom stereocenters. The number of aliphatic hydroxyl groups is 1. The molecule has 0 saturated heterocycles. The van der Waals surface area contributed by atoms with Crippen LogP contribution in [0.25, 0.3) is 11.5 Å². The second-order valence-corrected chi connectivity index (χ2v) is 5.39. The fraction of sp³-hybridized carbons (Fsp3) is 0.222. The van der Waals surface area contributed by atoms with Gasteiger partial charge in [-0.15, -0.1) is 0 Å². The highest BCUT2D eigenvalue weighted by molar-refractivity contribution is 5.92. The highest BCUT2D eigenvalue weighted by Gasteiger charge is 2.17. The van der Waals surface area contributed by atoms with E-state index in [0.717, 1.165) is 0 Å². The highest BCUT2D eigenvalue weighted by Crippen LogP contribution is 2.29. The zero-order chi connectivity index (χ0) is 18.5. The smallest absolute Gasteiger partial charge is 0.273 e. The van der Waals surface area contributed by atoms with Gasteiger partial charge in [0.25, 0.3) is 5.91 Å². The lowest BCUT2D eigenvalue weighted by atomic mass is 10.1. The molecule has 136 valence electrons. The molecule has 8 nitrogen and oxygen atoms in total. The maximum absolute atomic E-state index is 12.2. The van der Waals surface area contributed by atoms with Gasteiger partial charge in [0.05, 0.1) is 26.6 Å². The van der Waals surface area contributed by atoms with Crippen LogP contribution in [0.15, 0.2) is 51.6 Å². The van der Waals surface area contributed by atoms with Gasteiger partial charge in [-0.25, -0.2) is 0 Å². The van der Waals surface area contributed by atoms with Crippen molar-refractivity contribution in [2.45, 2.75) is 6.10 Å². The monoisotopic (exact) mass is 358 g/mol. The molecule has 0 fully saturated rings. The summed E-state index contributed by atoms with van der Waals surface area (Å²) in [5.41, 5.74) is 0.676. The van der Waals surface area contributed by atoms with E-state index in [2.05, 4.69) is 10.5 Å². The lowest BCUT2D eigenvalue weighted by Crippen LogP contribution is -2.28. The number of nitrogens with zero attached hydrogens (tertiary/aromatic N) is 1. The molecule has 3 aromatic rings. The molecule has 26 heavy (non-hydrogen) atoms. The zero-order valence-corrected chi connectivity index (χ0v) is 14.3. The van der Waals surface area contributed by atoms with Crippen molar-refractivity contribution in [3.05, 3.63) is 53.9 Å².